The van der Waals surface area contributed by atoms with Gasteiger partial charge in [0.25, 0.3) is 6.01 Å². The summed E-state index contributed by atoms with van der Waals surface area (Å²) in [6.45, 7) is 0.723. The third-order valence-electron chi connectivity index (χ3n) is 2.79. The van der Waals surface area contributed by atoms with E-state index < -0.39 is 0 Å². The van der Waals surface area contributed by atoms with Crippen LogP contribution in [0, 0.1) is 0 Å². The van der Waals surface area contributed by atoms with E-state index in [1.54, 1.807) is 4.68 Å². The molecule has 92 valence electrons. The Morgan fingerprint density at radius 2 is 2.17 bits per heavy atom. The summed E-state index contributed by atoms with van der Waals surface area (Å²) >= 11 is 0. The summed E-state index contributed by atoms with van der Waals surface area (Å²) in [5.41, 5.74) is 2.82. The van der Waals surface area contributed by atoms with E-state index >= 15 is 0 Å². The van der Waals surface area contributed by atoms with Crippen LogP contribution in [-0.2, 0) is 13.6 Å². The fourth-order valence-electron chi connectivity index (χ4n) is 1.92. The SMILES string of the molecule is CN(Cc1cnn(C)c1)c1nc2ccccc2o1. The van der Waals surface area contributed by atoms with Crippen molar-refractivity contribution in [3.8, 4) is 0 Å². The van der Waals surface area contributed by atoms with Crippen LogP contribution < -0.4 is 4.90 Å². The third kappa shape index (κ3) is 1.95. The van der Waals surface area contributed by atoms with Crippen molar-refractivity contribution in [1.29, 1.82) is 0 Å². The van der Waals surface area contributed by atoms with Crippen LogP contribution in [-0.4, -0.2) is 21.8 Å². The van der Waals surface area contributed by atoms with Crippen LogP contribution >= 0.6 is 0 Å². The van der Waals surface area contributed by atoms with Gasteiger partial charge >= 0.3 is 0 Å². The molecular formula is C13H14N4O. The highest BCUT2D eigenvalue weighted by Crippen LogP contribution is 2.21. The normalized spacial score (nSPS) is 11.0. The van der Waals surface area contributed by atoms with E-state index in [-0.39, 0.29) is 0 Å². The maximum absolute atomic E-state index is 5.70. The molecule has 3 rings (SSSR count). The number of anilines is 1. The Morgan fingerprint density at radius 3 is 2.89 bits per heavy atom. The molecule has 0 aliphatic heterocycles. The largest absolute Gasteiger partial charge is 0.423 e. The van der Waals surface area contributed by atoms with Gasteiger partial charge in [0.2, 0.25) is 0 Å². The second-order valence-corrected chi connectivity index (χ2v) is 4.34. The minimum absolute atomic E-state index is 0.625. The second-order valence-electron chi connectivity index (χ2n) is 4.34. The number of nitrogens with zero attached hydrogens (tertiary/aromatic N) is 4. The molecule has 0 saturated heterocycles. The first-order chi connectivity index (χ1) is 8.72. The molecule has 1 aromatic carbocycles. The van der Waals surface area contributed by atoms with Crippen molar-refractivity contribution in [3.05, 3.63) is 42.2 Å². The predicted molar refractivity (Wildman–Crippen MR) is 69.3 cm³/mol. The molecule has 0 atom stereocenters. The summed E-state index contributed by atoms with van der Waals surface area (Å²) in [6, 6.07) is 8.39. The highest BCUT2D eigenvalue weighted by molar-refractivity contribution is 5.74. The van der Waals surface area contributed by atoms with Crippen molar-refractivity contribution < 1.29 is 4.42 Å². The Morgan fingerprint density at radius 1 is 1.33 bits per heavy atom. The summed E-state index contributed by atoms with van der Waals surface area (Å²) in [4.78, 5) is 6.42. The van der Waals surface area contributed by atoms with Crippen LogP contribution in [0.15, 0.2) is 41.1 Å². The van der Waals surface area contributed by atoms with E-state index in [9.17, 15) is 0 Å². The molecular weight excluding hydrogens is 228 g/mol. The Hall–Kier alpha value is -2.30. The molecule has 0 aliphatic rings. The third-order valence-corrected chi connectivity index (χ3v) is 2.79. The zero-order valence-electron chi connectivity index (χ0n) is 10.4. The van der Waals surface area contributed by atoms with Gasteiger partial charge < -0.3 is 9.32 Å². The van der Waals surface area contributed by atoms with Gasteiger partial charge in [-0.05, 0) is 12.1 Å². The first kappa shape index (κ1) is 10.8. The molecule has 3 aromatic rings. The minimum Gasteiger partial charge on any atom is -0.423 e. The maximum Gasteiger partial charge on any atom is 0.298 e. The van der Waals surface area contributed by atoms with E-state index in [2.05, 4.69) is 10.1 Å². The number of oxazole rings is 1. The lowest BCUT2D eigenvalue weighted by molar-refractivity contribution is 0.582. The van der Waals surface area contributed by atoms with Crippen molar-refractivity contribution >= 4 is 17.1 Å². The lowest BCUT2D eigenvalue weighted by Crippen LogP contribution is -2.16. The molecule has 0 N–H and O–H groups in total. The summed E-state index contributed by atoms with van der Waals surface area (Å²) in [7, 11) is 3.86. The first-order valence-corrected chi connectivity index (χ1v) is 5.76. The van der Waals surface area contributed by atoms with Gasteiger partial charge in [0.15, 0.2) is 5.58 Å². The number of hydrogen-bond acceptors (Lipinski definition) is 4. The highest BCUT2D eigenvalue weighted by Gasteiger charge is 2.10. The average Bonchev–Trinajstić information content (AvgIpc) is 2.95. The molecule has 0 radical (unpaired) electrons. The Bertz CT molecular complexity index is 637. The monoisotopic (exact) mass is 242 g/mol. The van der Waals surface area contributed by atoms with Crippen LogP contribution in [0.3, 0.4) is 0 Å². The molecule has 0 unspecified atom stereocenters. The Labute approximate surface area is 105 Å². The lowest BCUT2D eigenvalue weighted by atomic mass is 10.3. The molecule has 5 heteroatoms. The summed E-state index contributed by atoms with van der Waals surface area (Å²) in [5, 5.41) is 4.15. The van der Waals surface area contributed by atoms with E-state index in [1.165, 1.54) is 0 Å². The van der Waals surface area contributed by atoms with Gasteiger partial charge in [-0.3, -0.25) is 4.68 Å². The molecule has 2 heterocycles. The number of para-hydroxylation sites is 2. The Kier molecular flexibility index (Phi) is 2.51. The number of rotatable bonds is 3. The van der Waals surface area contributed by atoms with Crippen molar-refractivity contribution in [2.75, 3.05) is 11.9 Å². The van der Waals surface area contributed by atoms with Gasteiger partial charge in [0, 0.05) is 25.9 Å². The highest BCUT2D eigenvalue weighted by atomic mass is 16.4. The van der Waals surface area contributed by atoms with Gasteiger partial charge in [0.1, 0.15) is 5.52 Å². The van der Waals surface area contributed by atoms with Gasteiger partial charge in [0.05, 0.1) is 12.7 Å². The molecule has 0 amide bonds. The fraction of sp³-hybridized carbons (Fsp3) is 0.231. The molecule has 0 bridgehead atoms. The molecule has 0 saturated carbocycles. The van der Waals surface area contributed by atoms with Crippen LogP contribution in [0.5, 0.6) is 0 Å². The average molecular weight is 242 g/mol. The zero-order valence-corrected chi connectivity index (χ0v) is 10.4. The second kappa shape index (κ2) is 4.18. The molecule has 5 nitrogen and oxygen atoms in total. The van der Waals surface area contributed by atoms with E-state index in [0.29, 0.717) is 6.01 Å². The molecule has 0 spiro atoms. The van der Waals surface area contributed by atoms with Crippen LogP contribution in [0.2, 0.25) is 0 Å². The van der Waals surface area contributed by atoms with Crippen molar-refractivity contribution in [3.63, 3.8) is 0 Å². The minimum atomic E-state index is 0.625. The molecule has 2 aromatic heterocycles. The maximum atomic E-state index is 5.70. The Balaban J connectivity index is 1.85. The molecule has 18 heavy (non-hydrogen) atoms. The smallest absolute Gasteiger partial charge is 0.298 e. The summed E-state index contributed by atoms with van der Waals surface area (Å²) in [5.74, 6) is 0. The van der Waals surface area contributed by atoms with Gasteiger partial charge in [-0.25, -0.2) is 0 Å². The van der Waals surface area contributed by atoms with E-state index in [4.69, 9.17) is 4.42 Å². The van der Waals surface area contributed by atoms with Gasteiger partial charge in [-0.1, -0.05) is 12.1 Å². The van der Waals surface area contributed by atoms with E-state index in [1.807, 2.05) is 55.7 Å². The number of aromatic nitrogens is 3. The molecule has 0 fully saturated rings. The standard InChI is InChI=1S/C13H14N4O/c1-16(8-10-7-14-17(2)9-10)13-15-11-5-3-4-6-12(11)18-13/h3-7,9H,8H2,1-2H3. The fourth-order valence-corrected chi connectivity index (χ4v) is 1.92. The summed E-state index contributed by atoms with van der Waals surface area (Å²) < 4.78 is 7.48. The lowest BCUT2D eigenvalue weighted by Gasteiger charge is -2.12. The number of benzene rings is 1. The van der Waals surface area contributed by atoms with Gasteiger partial charge in [-0.2, -0.15) is 10.1 Å². The van der Waals surface area contributed by atoms with Crippen LogP contribution in [0.1, 0.15) is 5.56 Å². The number of hydrogen-bond donors (Lipinski definition) is 0. The zero-order chi connectivity index (χ0) is 12.5. The number of fused-ring (bicyclic) bond motifs is 1. The first-order valence-electron chi connectivity index (χ1n) is 5.76. The number of aryl methyl sites for hydroxylation is 1. The van der Waals surface area contributed by atoms with Crippen molar-refractivity contribution in [2.45, 2.75) is 6.54 Å². The van der Waals surface area contributed by atoms with Crippen molar-refractivity contribution in [1.82, 2.24) is 14.8 Å². The predicted octanol–water partition coefficient (Wildman–Crippen LogP) is 2.20. The quantitative estimate of drug-likeness (QED) is 0.706. The summed E-state index contributed by atoms with van der Waals surface area (Å²) in [6.07, 6.45) is 3.83. The molecule has 0 aliphatic carbocycles. The van der Waals surface area contributed by atoms with Gasteiger partial charge in [-0.15, -0.1) is 0 Å². The van der Waals surface area contributed by atoms with Crippen LogP contribution in [0.4, 0.5) is 6.01 Å². The van der Waals surface area contributed by atoms with E-state index in [0.717, 1.165) is 23.2 Å². The van der Waals surface area contributed by atoms with Crippen LogP contribution in [0.25, 0.3) is 11.1 Å². The topological polar surface area (TPSA) is 47.1 Å². The van der Waals surface area contributed by atoms with Crippen molar-refractivity contribution in [2.24, 2.45) is 7.05 Å².